The van der Waals surface area contributed by atoms with Crippen molar-refractivity contribution in [1.29, 1.82) is 0 Å². The van der Waals surface area contributed by atoms with Crippen molar-refractivity contribution in [2.45, 2.75) is 19.6 Å². The molecular formula is C16H14ClFN2O. The molecule has 21 heavy (non-hydrogen) atoms. The summed E-state index contributed by atoms with van der Waals surface area (Å²) < 4.78 is 15.0. The van der Waals surface area contributed by atoms with Gasteiger partial charge in [-0.25, -0.2) is 9.37 Å². The number of fused-ring (bicyclic) bond motifs is 1. The highest BCUT2D eigenvalue weighted by atomic mass is 35.5. The molecule has 0 amide bonds. The zero-order valence-corrected chi connectivity index (χ0v) is 12.2. The van der Waals surface area contributed by atoms with Crippen LogP contribution in [0.25, 0.3) is 11.0 Å². The molecule has 1 atom stereocenters. The van der Waals surface area contributed by atoms with Gasteiger partial charge in [0.25, 0.3) is 0 Å². The molecule has 0 fully saturated rings. The first-order valence-electron chi connectivity index (χ1n) is 6.63. The van der Waals surface area contributed by atoms with Gasteiger partial charge in [-0.2, -0.15) is 0 Å². The van der Waals surface area contributed by atoms with Gasteiger partial charge in [-0.1, -0.05) is 29.8 Å². The molecule has 0 spiro atoms. The van der Waals surface area contributed by atoms with E-state index in [1.54, 1.807) is 13.0 Å². The van der Waals surface area contributed by atoms with Crippen molar-refractivity contribution in [3.63, 3.8) is 0 Å². The number of rotatable bonds is 3. The Morgan fingerprint density at radius 2 is 2.05 bits per heavy atom. The van der Waals surface area contributed by atoms with Crippen LogP contribution in [0.2, 0.25) is 5.02 Å². The van der Waals surface area contributed by atoms with Gasteiger partial charge in [-0.05, 0) is 36.8 Å². The normalized spacial score (nSPS) is 12.8. The van der Waals surface area contributed by atoms with Gasteiger partial charge in [0.05, 0.1) is 17.6 Å². The van der Waals surface area contributed by atoms with Crippen LogP contribution in [0.5, 0.6) is 0 Å². The molecule has 0 saturated heterocycles. The third kappa shape index (κ3) is 2.64. The lowest BCUT2D eigenvalue weighted by molar-refractivity contribution is 0.185. The van der Waals surface area contributed by atoms with Gasteiger partial charge in [0.1, 0.15) is 17.7 Å². The lowest BCUT2D eigenvalue weighted by Gasteiger charge is -2.12. The second-order valence-electron chi connectivity index (χ2n) is 4.96. The van der Waals surface area contributed by atoms with E-state index in [1.165, 1.54) is 12.1 Å². The minimum Gasteiger partial charge on any atom is -0.385 e. The molecule has 1 unspecified atom stereocenters. The van der Waals surface area contributed by atoms with E-state index in [4.69, 9.17) is 11.6 Å². The molecule has 0 aliphatic heterocycles. The lowest BCUT2D eigenvalue weighted by Crippen LogP contribution is -2.08. The van der Waals surface area contributed by atoms with Crippen LogP contribution in [0.1, 0.15) is 24.4 Å². The summed E-state index contributed by atoms with van der Waals surface area (Å²) in [5.74, 6) is 0.201. The lowest BCUT2D eigenvalue weighted by atomic mass is 10.2. The number of hydrogen-bond donors (Lipinski definition) is 1. The second kappa shape index (κ2) is 5.47. The molecule has 0 radical (unpaired) electrons. The Labute approximate surface area is 126 Å². The monoisotopic (exact) mass is 304 g/mol. The Kier molecular flexibility index (Phi) is 3.66. The first kappa shape index (κ1) is 14.0. The molecule has 0 saturated carbocycles. The highest BCUT2D eigenvalue weighted by Gasteiger charge is 2.15. The van der Waals surface area contributed by atoms with Gasteiger partial charge in [0, 0.05) is 5.02 Å². The van der Waals surface area contributed by atoms with Crippen LogP contribution in [-0.2, 0) is 6.54 Å². The van der Waals surface area contributed by atoms with Crippen LogP contribution in [-0.4, -0.2) is 14.7 Å². The van der Waals surface area contributed by atoms with Gasteiger partial charge in [0.2, 0.25) is 0 Å². The van der Waals surface area contributed by atoms with Crippen molar-refractivity contribution in [1.82, 2.24) is 9.55 Å². The first-order valence-corrected chi connectivity index (χ1v) is 7.01. The maximum Gasteiger partial charge on any atom is 0.138 e. The van der Waals surface area contributed by atoms with Gasteiger partial charge < -0.3 is 9.67 Å². The summed E-state index contributed by atoms with van der Waals surface area (Å²) in [6.07, 6.45) is -0.698. The SMILES string of the molecule is CC(O)c1nc2ccccc2n1Cc1ccc(F)cc1Cl. The second-order valence-corrected chi connectivity index (χ2v) is 5.36. The Morgan fingerprint density at radius 1 is 1.29 bits per heavy atom. The van der Waals surface area contributed by atoms with Crippen LogP contribution < -0.4 is 0 Å². The maximum atomic E-state index is 13.1. The van der Waals surface area contributed by atoms with Gasteiger partial charge in [-0.3, -0.25) is 0 Å². The van der Waals surface area contributed by atoms with E-state index in [-0.39, 0.29) is 5.82 Å². The minimum absolute atomic E-state index is 0.365. The molecule has 108 valence electrons. The van der Waals surface area contributed by atoms with Crippen LogP contribution >= 0.6 is 11.6 Å². The van der Waals surface area contributed by atoms with E-state index in [1.807, 2.05) is 28.8 Å². The molecule has 3 aromatic rings. The Hall–Kier alpha value is -1.91. The van der Waals surface area contributed by atoms with Crippen LogP contribution in [0.4, 0.5) is 4.39 Å². The summed E-state index contributed by atoms with van der Waals surface area (Å²) in [7, 11) is 0. The van der Waals surface area contributed by atoms with Crippen molar-refractivity contribution in [2.24, 2.45) is 0 Å². The summed E-state index contributed by atoms with van der Waals surface area (Å²) >= 11 is 6.09. The van der Waals surface area contributed by atoms with E-state index in [9.17, 15) is 9.50 Å². The molecule has 2 aromatic carbocycles. The standard InChI is InChI=1S/C16H14ClFN2O/c1-10(21)16-19-14-4-2-3-5-15(14)20(16)9-11-6-7-12(18)8-13(11)17/h2-8,10,21H,9H2,1H3. The predicted octanol–water partition coefficient (Wildman–Crippen LogP) is 3.93. The summed E-state index contributed by atoms with van der Waals surface area (Å²) in [6.45, 7) is 2.10. The van der Waals surface area contributed by atoms with Crippen molar-refractivity contribution in [3.8, 4) is 0 Å². The average Bonchev–Trinajstić information content (AvgIpc) is 2.81. The number of aromatic nitrogens is 2. The van der Waals surface area contributed by atoms with Crippen molar-refractivity contribution >= 4 is 22.6 Å². The first-order chi connectivity index (χ1) is 10.1. The molecule has 3 nitrogen and oxygen atoms in total. The third-order valence-electron chi connectivity index (χ3n) is 3.40. The van der Waals surface area contributed by atoms with Gasteiger partial charge in [-0.15, -0.1) is 0 Å². The molecule has 0 aliphatic carbocycles. The Balaban J connectivity index is 2.12. The number of imidazole rings is 1. The van der Waals surface area contributed by atoms with Crippen molar-refractivity contribution in [3.05, 3.63) is 64.7 Å². The van der Waals surface area contributed by atoms with Crippen LogP contribution in [0, 0.1) is 5.82 Å². The van der Waals surface area contributed by atoms with Gasteiger partial charge in [0.15, 0.2) is 0 Å². The Morgan fingerprint density at radius 3 is 2.76 bits per heavy atom. The molecule has 1 N–H and O–H groups in total. The van der Waals surface area contributed by atoms with Crippen molar-refractivity contribution < 1.29 is 9.50 Å². The fourth-order valence-corrected chi connectivity index (χ4v) is 2.63. The topological polar surface area (TPSA) is 38.1 Å². The van der Waals surface area contributed by atoms with E-state index >= 15 is 0 Å². The smallest absolute Gasteiger partial charge is 0.138 e. The quantitative estimate of drug-likeness (QED) is 0.796. The largest absolute Gasteiger partial charge is 0.385 e. The summed E-state index contributed by atoms with van der Waals surface area (Å²) in [6, 6.07) is 12.0. The molecular weight excluding hydrogens is 291 g/mol. The van der Waals surface area contributed by atoms with Crippen LogP contribution in [0.3, 0.4) is 0 Å². The van der Waals surface area contributed by atoms with Crippen molar-refractivity contribution in [2.75, 3.05) is 0 Å². The molecule has 0 aliphatic rings. The summed E-state index contributed by atoms with van der Waals surface area (Å²) in [5, 5.41) is 10.3. The minimum atomic E-state index is -0.698. The number of aliphatic hydroxyl groups is 1. The van der Waals surface area contributed by atoms with E-state index in [0.29, 0.717) is 17.4 Å². The number of benzene rings is 2. The zero-order chi connectivity index (χ0) is 15.0. The zero-order valence-electron chi connectivity index (χ0n) is 11.4. The number of halogens is 2. The number of hydrogen-bond acceptors (Lipinski definition) is 2. The molecule has 5 heteroatoms. The van der Waals surface area contributed by atoms with E-state index < -0.39 is 6.10 Å². The average molecular weight is 305 g/mol. The maximum absolute atomic E-state index is 13.1. The fraction of sp³-hybridized carbons (Fsp3) is 0.188. The molecule has 3 rings (SSSR count). The highest BCUT2D eigenvalue weighted by molar-refractivity contribution is 6.31. The van der Waals surface area contributed by atoms with Crippen LogP contribution in [0.15, 0.2) is 42.5 Å². The third-order valence-corrected chi connectivity index (χ3v) is 3.75. The predicted molar refractivity (Wildman–Crippen MR) is 80.9 cm³/mol. The molecule has 0 bridgehead atoms. The number of nitrogens with zero attached hydrogens (tertiary/aromatic N) is 2. The summed E-state index contributed by atoms with van der Waals surface area (Å²) in [5.41, 5.74) is 2.50. The number of aliphatic hydroxyl groups excluding tert-OH is 1. The van der Waals surface area contributed by atoms with E-state index in [2.05, 4.69) is 4.98 Å². The highest BCUT2D eigenvalue weighted by Crippen LogP contribution is 2.25. The molecule has 1 aromatic heterocycles. The fourth-order valence-electron chi connectivity index (χ4n) is 2.40. The molecule has 1 heterocycles. The van der Waals surface area contributed by atoms with Gasteiger partial charge >= 0.3 is 0 Å². The van der Waals surface area contributed by atoms with E-state index in [0.717, 1.165) is 16.6 Å². The summed E-state index contributed by atoms with van der Waals surface area (Å²) in [4.78, 5) is 4.45. The number of para-hydroxylation sites is 2. The Bertz CT molecular complexity index is 798.